The zero-order valence-corrected chi connectivity index (χ0v) is 12.4. The molecule has 5 nitrogen and oxygen atoms in total. The number of nitrogens with zero attached hydrogens (tertiary/aromatic N) is 1. The Bertz CT molecular complexity index is 512. The van der Waals surface area contributed by atoms with Crippen LogP contribution in [0, 0.1) is 6.92 Å². The highest BCUT2D eigenvalue weighted by atomic mass is 16.5. The SMILES string of the molecule is Cc1ccc(OC(C)C(=O)N2CCCC[C@@H]2C(=O)O)cc1. The third-order valence-electron chi connectivity index (χ3n) is 3.75. The van der Waals surface area contributed by atoms with E-state index in [2.05, 4.69) is 0 Å². The molecule has 1 N–H and O–H groups in total. The fourth-order valence-corrected chi connectivity index (χ4v) is 2.56. The number of amides is 1. The molecule has 1 fully saturated rings. The fraction of sp³-hybridized carbons (Fsp3) is 0.500. The van der Waals surface area contributed by atoms with Crippen LogP contribution in [0.5, 0.6) is 5.75 Å². The normalized spacial score (nSPS) is 19.9. The van der Waals surface area contributed by atoms with E-state index in [0.29, 0.717) is 18.7 Å². The first-order valence-corrected chi connectivity index (χ1v) is 7.25. The van der Waals surface area contributed by atoms with E-state index in [1.54, 1.807) is 6.92 Å². The molecular formula is C16H21NO4. The predicted octanol–water partition coefficient (Wildman–Crippen LogP) is 2.23. The van der Waals surface area contributed by atoms with E-state index in [1.165, 1.54) is 4.90 Å². The standard InChI is InChI=1S/C16H21NO4/c1-11-6-8-13(9-7-11)21-12(2)15(18)17-10-4-3-5-14(17)16(19)20/h6-9,12,14H,3-5,10H2,1-2H3,(H,19,20)/t12?,14-/m1/s1. The minimum atomic E-state index is -0.939. The number of likely N-dealkylation sites (tertiary alicyclic amines) is 1. The molecule has 1 unspecified atom stereocenters. The van der Waals surface area contributed by atoms with Crippen LogP contribution in [-0.4, -0.2) is 40.6 Å². The van der Waals surface area contributed by atoms with Crippen LogP contribution in [0.2, 0.25) is 0 Å². The molecule has 0 spiro atoms. The monoisotopic (exact) mass is 291 g/mol. The van der Waals surface area contributed by atoms with Crippen LogP contribution in [0.25, 0.3) is 0 Å². The zero-order chi connectivity index (χ0) is 15.4. The molecule has 1 saturated heterocycles. The van der Waals surface area contributed by atoms with Gasteiger partial charge in [-0.1, -0.05) is 17.7 Å². The summed E-state index contributed by atoms with van der Waals surface area (Å²) in [5.74, 6) is -0.585. The Balaban J connectivity index is 2.03. The van der Waals surface area contributed by atoms with E-state index >= 15 is 0 Å². The summed E-state index contributed by atoms with van der Waals surface area (Å²) < 4.78 is 5.63. The maximum absolute atomic E-state index is 12.4. The summed E-state index contributed by atoms with van der Waals surface area (Å²) in [5.41, 5.74) is 1.11. The van der Waals surface area contributed by atoms with Crippen LogP contribution in [0.3, 0.4) is 0 Å². The highest BCUT2D eigenvalue weighted by molar-refractivity contribution is 5.86. The summed E-state index contributed by atoms with van der Waals surface area (Å²) >= 11 is 0. The Morgan fingerprint density at radius 2 is 1.95 bits per heavy atom. The second-order valence-corrected chi connectivity index (χ2v) is 5.45. The summed E-state index contributed by atoms with van der Waals surface area (Å²) in [6.07, 6.45) is 1.51. The maximum atomic E-state index is 12.4. The van der Waals surface area contributed by atoms with Crippen molar-refractivity contribution in [3.05, 3.63) is 29.8 Å². The smallest absolute Gasteiger partial charge is 0.326 e. The lowest BCUT2D eigenvalue weighted by Gasteiger charge is -2.34. The summed E-state index contributed by atoms with van der Waals surface area (Å²) in [4.78, 5) is 25.1. The minimum absolute atomic E-state index is 0.261. The molecule has 0 saturated carbocycles. The third-order valence-corrected chi connectivity index (χ3v) is 3.75. The second kappa shape index (κ2) is 6.61. The highest BCUT2D eigenvalue weighted by Gasteiger charge is 2.34. The molecule has 1 amide bonds. The number of carbonyl (C=O) groups is 2. The van der Waals surface area contributed by atoms with Crippen LogP contribution in [0.1, 0.15) is 31.7 Å². The highest BCUT2D eigenvalue weighted by Crippen LogP contribution is 2.20. The molecule has 0 bridgehead atoms. The molecular weight excluding hydrogens is 270 g/mol. The van der Waals surface area contributed by atoms with Gasteiger partial charge in [0.1, 0.15) is 11.8 Å². The molecule has 1 aromatic carbocycles. The van der Waals surface area contributed by atoms with Crippen molar-refractivity contribution < 1.29 is 19.4 Å². The van der Waals surface area contributed by atoms with Crippen molar-refractivity contribution in [2.75, 3.05) is 6.54 Å². The lowest BCUT2D eigenvalue weighted by Crippen LogP contribution is -2.52. The first kappa shape index (κ1) is 15.4. The lowest BCUT2D eigenvalue weighted by atomic mass is 10.0. The van der Waals surface area contributed by atoms with E-state index < -0.39 is 18.1 Å². The van der Waals surface area contributed by atoms with Crippen LogP contribution in [0.15, 0.2) is 24.3 Å². The molecule has 1 aliphatic rings. The lowest BCUT2D eigenvalue weighted by molar-refractivity contribution is -0.155. The molecule has 0 radical (unpaired) electrons. The second-order valence-electron chi connectivity index (χ2n) is 5.45. The summed E-state index contributed by atoms with van der Waals surface area (Å²) in [6, 6.07) is 6.71. The molecule has 1 aliphatic heterocycles. The van der Waals surface area contributed by atoms with Crippen molar-refractivity contribution in [1.29, 1.82) is 0 Å². The number of hydrogen-bond acceptors (Lipinski definition) is 3. The number of carboxylic acid groups (broad SMARTS) is 1. The van der Waals surface area contributed by atoms with Crippen LogP contribution in [-0.2, 0) is 9.59 Å². The molecule has 1 aromatic rings. The first-order valence-electron chi connectivity index (χ1n) is 7.25. The summed E-state index contributed by atoms with van der Waals surface area (Å²) in [6.45, 7) is 4.12. The molecule has 5 heteroatoms. The number of piperidine rings is 1. The number of aliphatic carboxylic acids is 1. The number of carboxylic acids is 1. The van der Waals surface area contributed by atoms with Gasteiger partial charge < -0.3 is 14.7 Å². The van der Waals surface area contributed by atoms with E-state index in [-0.39, 0.29) is 5.91 Å². The Morgan fingerprint density at radius 3 is 2.57 bits per heavy atom. The number of benzene rings is 1. The average molecular weight is 291 g/mol. The van der Waals surface area contributed by atoms with Crippen LogP contribution < -0.4 is 4.74 Å². The maximum Gasteiger partial charge on any atom is 0.326 e. The Labute approximate surface area is 124 Å². The Hall–Kier alpha value is -2.04. The molecule has 2 rings (SSSR count). The minimum Gasteiger partial charge on any atom is -0.481 e. The molecule has 1 heterocycles. The van der Waals surface area contributed by atoms with Gasteiger partial charge >= 0.3 is 5.97 Å². The molecule has 21 heavy (non-hydrogen) atoms. The Kier molecular flexibility index (Phi) is 4.83. The van der Waals surface area contributed by atoms with Crippen LogP contribution >= 0.6 is 0 Å². The van der Waals surface area contributed by atoms with Crippen LogP contribution in [0.4, 0.5) is 0 Å². The van der Waals surface area contributed by atoms with Gasteiger partial charge in [-0.15, -0.1) is 0 Å². The molecule has 0 aliphatic carbocycles. The van der Waals surface area contributed by atoms with Gasteiger partial charge in [-0.3, -0.25) is 4.79 Å². The summed E-state index contributed by atoms with van der Waals surface area (Å²) in [7, 11) is 0. The van der Waals surface area contributed by atoms with Gasteiger partial charge in [0.25, 0.3) is 5.91 Å². The quantitative estimate of drug-likeness (QED) is 0.923. The fourth-order valence-electron chi connectivity index (χ4n) is 2.56. The van der Waals surface area contributed by atoms with Gasteiger partial charge in [0.2, 0.25) is 0 Å². The van der Waals surface area contributed by atoms with Gasteiger partial charge in [-0.05, 0) is 45.2 Å². The van der Waals surface area contributed by atoms with Gasteiger partial charge in [-0.2, -0.15) is 0 Å². The van der Waals surface area contributed by atoms with Gasteiger partial charge in [-0.25, -0.2) is 4.79 Å². The van der Waals surface area contributed by atoms with E-state index in [4.69, 9.17) is 4.74 Å². The number of ether oxygens (including phenoxy) is 1. The molecule has 2 atom stereocenters. The van der Waals surface area contributed by atoms with Crippen molar-refractivity contribution in [2.24, 2.45) is 0 Å². The van der Waals surface area contributed by atoms with E-state index in [0.717, 1.165) is 18.4 Å². The largest absolute Gasteiger partial charge is 0.481 e. The van der Waals surface area contributed by atoms with Crippen molar-refractivity contribution in [1.82, 2.24) is 4.90 Å². The van der Waals surface area contributed by atoms with Crippen molar-refractivity contribution in [3.63, 3.8) is 0 Å². The third kappa shape index (κ3) is 3.74. The van der Waals surface area contributed by atoms with E-state index in [9.17, 15) is 14.7 Å². The first-order chi connectivity index (χ1) is 9.99. The molecule has 0 aromatic heterocycles. The number of rotatable bonds is 4. The average Bonchev–Trinajstić information content (AvgIpc) is 2.48. The van der Waals surface area contributed by atoms with Gasteiger partial charge in [0, 0.05) is 6.54 Å². The number of aryl methyl sites for hydroxylation is 1. The van der Waals surface area contributed by atoms with Crippen molar-refractivity contribution in [3.8, 4) is 5.75 Å². The van der Waals surface area contributed by atoms with Gasteiger partial charge in [0.15, 0.2) is 6.10 Å². The summed E-state index contributed by atoms with van der Waals surface area (Å²) in [5, 5.41) is 9.22. The zero-order valence-electron chi connectivity index (χ0n) is 12.4. The Morgan fingerprint density at radius 1 is 1.29 bits per heavy atom. The van der Waals surface area contributed by atoms with Crippen molar-refractivity contribution in [2.45, 2.75) is 45.3 Å². The topological polar surface area (TPSA) is 66.8 Å². The molecule has 114 valence electrons. The van der Waals surface area contributed by atoms with Crippen molar-refractivity contribution >= 4 is 11.9 Å². The predicted molar refractivity (Wildman–Crippen MR) is 78.3 cm³/mol. The van der Waals surface area contributed by atoms with E-state index in [1.807, 2.05) is 31.2 Å². The number of carbonyl (C=O) groups excluding carboxylic acids is 1. The number of hydrogen-bond donors (Lipinski definition) is 1. The van der Waals surface area contributed by atoms with Gasteiger partial charge in [0.05, 0.1) is 0 Å².